The standard InChI is InChI=1S/C23H26FIN4O3S/c1-23(2)10-13-17(20(31)28-16-5-3-4-8-26-19(16)30)22(33-18(13)21(32)27-11-23)29-15-7-6-12(25)9-14(15)24/h6-7,9,16,29H,3-5,8,10-11H2,1-2H3,(H,26,30)(H,27,32)(H,28,31). The van der Waals surface area contributed by atoms with Crippen molar-refractivity contribution < 1.29 is 18.8 Å². The first-order valence-electron chi connectivity index (χ1n) is 10.9. The number of hydrogen-bond donors (Lipinski definition) is 4. The molecule has 1 unspecified atom stereocenters. The lowest BCUT2D eigenvalue weighted by molar-refractivity contribution is -0.122. The van der Waals surface area contributed by atoms with Gasteiger partial charge < -0.3 is 21.3 Å². The number of halogens is 2. The summed E-state index contributed by atoms with van der Waals surface area (Å²) in [5, 5.41) is 12.0. The number of thiophene rings is 1. The van der Waals surface area contributed by atoms with Crippen LogP contribution in [0.25, 0.3) is 0 Å². The number of hydrogen-bond acceptors (Lipinski definition) is 5. The minimum Gasteiger partial charge on any atom is -0.354 e. The minimum atomic E-state index is -0.647. The van der Waals surface area contributed by atoms with Crippen LogP contribution in [0.5, 0.6) is 0 Å². The third-order valence-corrected chi connectivity index (χ3v) is 7.66. The topological polar surface area (TPSA) is 99.3 Å². The van der Waals surface area contributed by atoms with E-state index in [2.05, 4.69) is 21.3 Å². The van der Waals surface area contributed by atoms with E-state index in [0.29, 0.717) is 46.9 Å². The molecule has 4 rings (SSSR count). The summed E-state index contributed by atoms with van der Waals surface area (Å²) in [6, 6.07) is 4.11. The summed E-state index contributed by atoms with van der Waals surface area (Å²) in [6.07, 6.45) is 2.72. The van der Waals surface area contributed by atoms with E-state index in [0.717, 1.165) is 27.7 Å². The van der Waals surface area contributed by atoms with Gasteiger partial charge in [0.05, 0.1) is 16.1 Å². The highest BCUT2D eigenvalue weighted by molar-refractivity contribution is 14.1. The molecule has 3 amide bonds. The first kappa shape index (κ1) is 23.9. The zero-order valence-electron chi connectivity index (χ0n) is 18.4. The van der Waals surface area contributed by atoms with E-state index in [1.165, 1.54) is 6.07 Å². The maximum Gasteiger partial charge on any atom is 0.261 e. The third-order valence-electron chi connectivity index (χ3n) is 5.84. The highest BCUT2D eigenvalue weighted by Crippen LogP contribution is 2.40. The molecule has 33 heavy (non-hydrogen) atoms. The Labute approximate surface area is 209 Å². The molecular weight excluding hydrogens is 558 g/mol. The van der Waals surface area contributed by atoms with Gasteiger partial charge >= 0.3 is 0 Å². The van der Waals surface area contributed by atoms with E-state index < -0.39 is 17.8 Å². The third kappa shape index (κ3) is 5.32. The molecule has 1 saturated heterocycles. The van der Waals surface area contributed by atoms with Crippen molar-refractivity contribution in [2.75, 3.05) is 18.4 Å². The summed E-state index contributed by atoms with van der Waals surface area (Å²) < 4.78 is 15.3. The average Bonchev–Trinajstić information content (AvgIpc) is 2.89. The Kier molecular flexibility index (Phi) is 6.94. The van der Waals surface area contributed by atoms with Gasteiger partial charge in [0.1, 0.15) is 16.9 Å². The van der Waals surface area contributed by atoms with Crippen molar-refractivity contribution >= 4 is 62.3 Å². The van der Waals surface area contributed by atoms with E-state index in [1.807, 2.05) is 36.4 Å². The lowest BCUT2D eigenvalue weighted by Gasteiger charge is -2.23. The molecule has 176 valence electrons. The SMILES string of the molecule is CC1(C)CNC(=O)c2sc(Nc3ccc(I)cc3F)c(C(=O)NC3CCCCNC3=O)c2C1. The van der Waals surface area contributed by atoms with Crippen LogP contribution in [0, 0.1) is 14.8 Å². The molecule has 0 aliphatic carbocycles. The normalized spacial score (nSPS) is 20.1. The predicted octanol–water partition coefficient (Wildman–Crippen LogP) is 3.95. The first-order chi connectivity index (χ1) is 15.6. The van der Waals surface area contributed by atoms with Gasteiger partial charge in [-0.05, 0) is 77.5 Å². The Morgan fingerprint density at radius 1 is 1.24 bits per heavy atom. The van der Waals surface area contributed by atoms with E-state index in [1.54, 1.807) is 12.1 Å². The Hall–Kier alpha value is -2.21. The van der Waals surface area contributed by atoms with Crippen LogP contribution in [-0.2, 0) is 11.2 Å². The smallest absolute Gasteiger partial charge is 0.261 e. The van der Waals surface area contributed by atoms with Gasteiger partial charge in [0.2, 0.25) is 5.91 Å². The van der Waals surface area contributed by atoms with Crippen molar-refractivity contribution in [2.24, 2.45) is 5.41 Å². The molecule has 0 radical (unpaired) electrons. The van der Waals surface area contributed by atoms with Gasteiger partial charge in [-0.1, -0.05) is 13.8 Å². The van der Waals surface area contributed by atoms with E-state index >= 15 is 0 Å². The van der Waals surface area contributed by atoms with Gasteiger partial charge in [-0.25, -0.2) is 4.39 Å². The van der Waals surface area contributed by atoms with Crippen molar-refractivity contribution in [1.29, 1.82) is 0 Å². The van der Waals surface area contributed by atoms with Gasteiger partial charge in [-0.15, -0.1) is 11.3 Å². The molecule has 10 heteroatoms. The Morgan fingerprint density at radius 2 is 2.03 bits per heavy atom. The summed E-state index contributed by atoms with van der Waals surface area (Å²) in [6.45, 7) is 5.11. The molecule has 3 heterocycles. The van der Waals surface area contributed by atoms with Crippen LogP contribution in [0.2, 0.25) is 0 Å². The molecule has 1 aromatic heterocycles. The molecule has 7 nitrogen and oxygen atoms in total. The summed E-state index contributed by atoms with van der Waals surface area (Å²) in [4.78, 5) is 39.2. The number of fused-ring (bicyclic) bond motifs is 1. The van der Waals surface area contributed by atoms with Crippen molar-refractivity contribution in [2.45, 2.75) is 45.6 Å². The lowest BCUT2D eigenvalue weighted by Crippen LogP contribution is -2.45. The molecule has 1 aromatic carbocycles. The maximum atomic E-state index is 14.6. The van der Waals surface area contributed by atoms with Crippen LogP contribution in [0.4, 0.5) is 15.1 Å². The molecule has 2 aliphatic heterocycles. The van der Waals surface area contributed by atoms with E-state index in [9.17, 15) is 18.8 Å². The molecule has 0 bridgehead atoms. The van der Waals surface area contributed by atoms with Crippen LogP contribution < -0.4 is 21.3 Å². The fraction of sp³-hybridized carbons (Fsp3) is 0.435. The summed E-state index contributed by atoms with van der Waals surface area (Å²) in [5.74, 6) is -1.35. The maximum absolute atomic E-state index is 14.6. The van der Waals surface area contributed by atoms with Crippen LogP contribution in [0.15, 0.2) is 18.2 Å². The fourth-order valence-corrected chi connectivity index (χ4v) is 5.71. The molecule has 1 atom stereocenters. The highest BCUT2D eigenvalue weighted by atomic mass is 127. The molecule has 1 fully saturated rings. The largest absolute Gasteiger partial charge is 0.354 e. The fourth-order valence-electron chi connectivity index (χ4n) is 4.11. The van der Waals surface area contributed by atoms with Crippen LogP contribution in [0.3, 0.4) is 0 Å². The number of carbonyl (C=O) groups excluding carboxylic acids is 3. The van der Waals surface area contributed by atoms with Gasteiger partial charge in [-0.3, -0.25) is 14.4 Å². The lowest BCUT2D eigenvalue weighted by atomic mass is 9.85. The molecule has 2 aliphatic rings. The Bertz CT molecular complexity index is 1120. The first-order valence-corrected chi connectivity index (χ1v) is 12.8. The van der Waals surface area contributed by atoms with E-state index in [4.69, 9.17) is 0 Å². The van der Waals surface area contributed by atoms with Gasteiger partial charge in [-0.2, -0.15) is 0 Å². The number of rotatable bonds is 4. The predicted molar refractivity (Wildman–Crippen MR) is 135 cm³/mol. The zero-order valence-corrected chi connectivity index (χ0v) is 21.4. The van der Waals surface area contributed by atoms with Crippen LogP contribution >= 0.6 is 33.9 Å². The van der Waals surface area contributed by atoms with Gasteiger partial charge in [0, 0.05) is 16.7 Å². The molecule has 4 N–H and O–H groups in total. The summed E-state index contributed by atoms with van der Waals surface area (Å²) in [7, 11) is 0. The highest BCUT2D eigenvalue weighted by Gasteiger charge is 2.35. The molecule has 0 spiro atoms. The Morgan fingerprint density at radius 3 is 2.79 bits per heavy atom. The molecule has 2 aromatic rings. The molecular formula is C23H26FIN4O3S. The quantitative estimate of drug-likeness (QED) is 0.410. The second-order valence-corrected chi connectivity index (χ2v) is 11.5. The van der Waals surface area contributed by atoms with Crippen LogP contribution in [0.1, 0.15) is 58.7 Å². The number of benzene rings is 1. The zero-order chi connectivity index (χ0) is 23.8. The number of amides is 3. The van der Waals surface area contributed by atoms with Crippen molar-refractivity contribution in [3.63, 3.8) is 0 Å². The Balaban J connectivity index is 1.76. The summed E-state index contributed by atoms with van der Waals surface area (Å²) in [5.41, 5.74) is 0.866. The average molecular weight is 584 g/mol. The number of nitrogens with one attached hydrogen (secondary N) is 4. The van der Waals surface area contributed by atoms with Gasteiger partial charge in [0.15, 0.2) is 0 Å². The van der Waals surface area contributed by atoms with Crippen molar-refractivity contribution in [3.8, 4) is 0 Å². The minimum absolute atomic E-state index is 0.210. The number of anilines is 2. The second-order valence-electron chi connectivity index (χ2n) is 9.20. The van der Waals surface area contributed by atoms with Crippen molar-refractivity contribution in [1.82, 2.24) is 16.0 Å². The monoisotopic (exact) mass is 584 g/mol. The summed E-state index contributed by atoms with van der Waals surface area (Å²) >= 11 is 3.16. The van der Waals surface area contributed by atoms with Crippen molar-refractivity contribution in [3.05, 3.63) is 43.6 Å². The molecule has 0 saturated carbocycles. The number of carbonyl (C=O) groups is 3. The van der Waals surface area contributed by atoms with Gasteiger partial charge in [0.25, 0.3) is 11.8 Å². The second kappa shape index (κ2) is 9.57. The van der Waals surface area contributed by atoms with Crippen LogP contribution in [-0.4, -0.2) is 36.9 Å². The van der Waals surface area contributed by atoms with E-state index in [-0.39, 0.29) is 22.9 Å².